The van der Waals surface area contributed by atoms with E-state index in [1.807, 2.05) is 30.3 Å². The first-order valence-electron chi connectivity index (χ1n) is 9.37. The van der Waals surface area contributed by atoms with E-state index < -0.39 is 10.1 Å². The Hall–Kier alpha value is -3.49. The summed E-state index contributed by atoms with van der Waals surface area (Å²) in [6, 6.07) is 18.9. The number of ether oxygens (including phenoxy) is 2. The van der Waals surface area contributed by atoms with Crippen molar-refractivity contribution in [2.24, 2.45) is 5.18 Å². The summed E-state index contributed by atoms with van der Waals surface area (Å²) in [5.74, 6) is 0.826. The van der Waals surface area contributed by atoms with Gasteiger partial charge in [0.15, 0.2) is 0 Å². The van der Waals surface area contributed by atoms with Gasteiger partial charge in [0.1, 0.15) is 17.2 Å². The highest BCUT2D eigenvalue weighted by Crippen LogP contribution is 2.47. The average molecular weight is 437 g/mol. The lowest BCUT2D eigenvalue weighted by Gasteiger charge is -2.16. The van der Waals surface area contributed by atoms with Gasteiger partial charge in [-0.2, -0.15) is 8.42 Å². The SMILES string of the molecule is COc1c2ccccc2c(OC)c2c(N=O)cc(S(=O)(=O)OCc3ccccc3)cc12. The maximum Gasteiger partial charge on any atom is 0.297 e. The number of nitroso groups, excluding NO2 is 1. The van der Waals surface area contributed by atoms with Crippen molar-refractivity contribution < 1.29 is 22.1 Å². The van der Waals surface area contributed by atoms with Gasteiger partial charge < -0.3 is 9.47 Å². The van der Waals surface area contributed by atoms with Gasteiger partial charge in [0, 0.05) is 16.2 Å². The van der Waals surface area contributed by atoms with Crippen LogP contribution in [0, 0.1) is 4.91 Å². The summed E-state index contributed by atoms with van der Waals surface area (Å²) in [6.07, 6.45) is 0. The minimum atomic E-state index is -4.18. The van der Waals surface area contributed by atoms with Gasteiger partial charge in [-0.05, 0) is 22.9 Å². The average Bonchev–Trinajstić information content (AvgIpc) is 2.81. The van der Waals surface area contributed by atoms with E-state index in [-0.39, 0.29) is 17.2 Å². The predicted molar refractivity (Wildman–Crippen MR) is 118 cm³/mol. The van der Waals surface area contributed by atoms with Crippen molar-refractivity contribution >= 4 is 37.4 Å². The maximum atomic E-state index is 12.9. The quantitative estimate of drug-likeness (QED) is 0.221. The molecule has 0 saturated carbocycles. The van der Waals surface area contributed by atoms with Gasteiger partial charge in [0.25, 0.3) is 10.1 Å². The first-order chi connectivity index (χ1) is 15.0. The largest absolute Gasteiger partial charge is 0.495 e. The number of hydrogen-bond donors (Lipinski definition) is 0. The summed E-state index contributed by atoms with van der Waals surface area (Å²) < 4.78 is 42.2. The summed E-state index contributed by atoms with van der Waals surface area (Å²) >= 11 is 0. The zero-order valence-corrected chi connectivity index (χ0v) is 17.7. The Balaban J connectivity index is 1.94. The normalized spacial score (nSPS) is 11.5. The van der Waals surface area contributed by atoms with Crippen molar-refractivity contribution in [2.75, 3.05) is 14.2 Å². The molecule has 0 spiro atoms. The van der Waals surface area contributed by atoms with E-state index in [2.05, 4.69) is 5.18 Å². The fraction of sp³-hybridized carbons (Fsp3) is 0.130. The lowest BCUT2D eigenvalue weighted by Crippen LogP contribution is -2.07. The number of benzene rings is 4. The van der Waals surface area contributed by atoms with Crippen molar-refractivity contribution in [3.05, 3.63) is 77.2 Å². The Bertz CT molecular complexity index is 1380. The fourth-order valence-electron chi connectivity index (χ4n) is 3.61. The molecular weight excluding hydrogens is 418 g/mol. The van der Waals surface area contributed by atoms with Crippen LogP contribution in [0.3, 0.4) is 0 Å². The van der Waals surface area contributed by atoms with E-state index in [1.165, 1.54) is 26.4 Å². The minimum absolute atomic E-state index is 0.0831. The Morgan fingerprint density at radius 2 is 1.42 bits per heavy atom. The molecule has 0 radical (unpaired) electrons. The molecule has 0 aliphatic carbocycles. The predicted octanol–water partition coefficient (Wildman–Crippen LogP) is 5.31. The van der Waals surface area contributed by atoms with E-state index in [0.29, 0.717) is 33.2 Å². The standard InChI is InChI=1S/C23H19NO6S/c1-28-22-17-10-6-7-11-18(17)23(29-2)21-19(22)12-16(13-20(21)24-25)31(26,27)30-14-15-8-4-3-5-9-15/h3-13H,14H2,1-2H3. The van der Waals surface area contributed by atoms with Crippen LogP contribution in [0.4, 0.5) is 5.69 Å². The molecule has 0 amide bonds. The number of methoxy groups -OCH3 is 2. The zero-order valence-electron chi connectivity index (χ0n) is 16.9. The maximum absolute atomic E-state index is 12.9. The molecule has 0 N–H and O–H groups in total. The first-order valence-corrected chi connectivity index (χ1v) is 10.8. The molecule has 0 bridgehead atoms. The third kappa shape index (κ3) is 3.71. The van der Waals surface area contributed by atoms with Crippen LogP contribution >= 0.6 is 0 Å². The molecule has 0 aliphatic rings. The number of fused-ring (bicyclic) bond motifs is 2. The molecule has 0 aliphatic heterocycles. The van der Waals surface area contributed by atoms with Crippen LogP contribution in [0.15, 0.2) is 76.8 Å². The van der Waals surface area contributed by atoms with Gasteiger partial charge in [-0.25, -0.2) is 0 Å². The molecule has 0 fully saturated rings. The van der Waals surface area contributed by atoms with Crippen LogP contribution in [0.5, 0.6) is 11.5 Å². The van der Waals surface area contributed by atoms with Crippen LogP contribution in [-0.2, 0) is 20.9 Å². The first kappa shape index (κ1) is 20.8. The van der Waals surface area contributed by atoms with E-state index in [1.54, 1.807) is 24.3 Å². The second kappa shape index (κ2) is 8.33. The molecule has 7 nitrogen and oxygen atoms in total. The van der Waals surface area contributed by atoms with E-state index in [4.69, 9.17) is 13.7 Å². The van der Waals surface area contributed by atoms with Gasteiger partial charge in [-0.3, -0.25) is 4.18 Å². The summed E-state index contributed by atoms with van der Waals surface area (Å²) in [5.41, 5.74) is 0.617. The third-order valence-electron chi connectivity index (χ3n) is 5.00. The summed E-state index contributed by atoms with van der Waals surface area (Å²) in [6.45, 7) is -0.136. The lowest BCUT2D eigenvalue weighted by atomic mass is 9.99. The molecule has 4 aromatic carbocycles. The molecule has 31 heavy (non-hydrogen) atoms. The van der Waals surface area contributed by atoms with Crippen LogP contribution in [0.2, 0.25) is 0 Å². The fourth-order valence-corrected chi connectivity index (χ4v) is 4.56. The Morgan fingerprint density at radius 3 is 2.03 bits per heavy atom. The van der Waals surface area contributed by atoms with E-state index in [9.17, 15) is 13.3 Å². The molecular formula is C23H19NO6S. The molecule has 4 rings (SSSR count). The Kier molecular flexibility index (Phi) is 5.58. The molecule has 158 valence electrons. The van der Waals surface area contributed by atoms with Gasteiger partial charge in [0.2, 0.25) is 0 Å². The molecule has 0 heterocycles. The minimum Gasteiger partial charge on any atom is -0.495 e. The molecule has 8 heteroatoms. The van der Waals surface area contributed by atoms with Gasteiger partial charge >= 0.3 is 0 Å². The Labute approximate surface area is 179 Å². The second-order valence-electron chi connectivity index (χ2n) is 6.77. The van der Waals surface area contributed by atoms with Crippen LogP contribution in [0.25, 0.3) is 21.5 Å². The topological polar surface area (TPSA) is 91.3 Å². The van der Waals surface area contributed by atoms with E-state index in [0.717, 1.165) is 5.39 Å². The number of hydrogen-bond acceptors (Lipinski definition) is 7. The summed E-state index contributed by atoms with van der Waals surface area (Å²) in [5, 5.41) is 5.26. The number of rotatable bonds is 7. The van der Waals surface area contributed by atoms with Crippen molar-refractivity contribution in [3.63, 3.8) is 0 Å². The van der Waals surface area contributed by atoms with E-state index >= 15 is 0 Å². The lowest BCUT2D eigenvalue weighted by molar-refractivity contribution is 0.308. The smallest absolute Gasteiger partial charge is 0.297 e. The van der Waals surface area contributed by atoms with Gasteiger partial charge in [0.05, 0.1) is 31.1 Å². The molecule has 0 unspecified atom stereocenters. The molecule has 0 atom stereocenters. The third-order valence-corrected chi connectivity index (χ3v) is 6.24. The molecule has 4 aromatic rings. The molecule has 0 saturated heterocycles. The Morgan fingerprint density at radius 1 is 0.806 bits per heavy atom. The van der Waals surface area contributed by atoms with Gasteiger partial charge in [-0.1, -0.05) is 54.6 Å². The highest BCUT2D eigenvalue weighted by molar-refractivity contribution is 7.86. The van der Waals surface area contributed by atoms with Crippen molar-refractivity contribution in [1.29, 1.82) is 0 Å². The monoisotopic (exact) mass is 437 g/mol. The van der Waals surface area contributed by atoms with Crippen molar-refractivity contribution in [1.82, 2.24) is 0 Å². The molecule has 0 aromatic heterocycles. The second-order valence-corrected chi connectivity index (χ2v) is 8.39. The van der Waals surface area contributed by atoms with Crippen molar-refractivity contribution in [3.8, 4) is 11.5 Å². The van der Waals surface area contributed by atoms with Gasteiger partial charge in [-0.15, -0.1) is 4.91 Å². The zero-order chi connectivity index (χ0) is 22.0. The van der Waals surface area contributed by atoms with Crippen molar-refractivity contribution in [2.45, 2.75) is 11.5 Å². The van der Waals surface area contributed by atoms with Crippen LogP contribution in [-0.4, -0.2) is 22.6 Å². The highest BCUT2D eigenvalue weighted by Gasteiger charge is 2.24. The summed E-state index contributed by atoms with van der Waals surface area (Å²) in [7, 11) is -1.21. The summed E-state index contributed by atoms with van der Waals surface area (Å²) in [4.78, 5) is 11.5. The number of nitrogens with zero attached hydrogens (tertiary/aromatic N) is 1. The van der Waals surface area contributed by atoms with Crippen LogP contribution < -0.4 is 9.47 Å². The highest BCUT2D eigenvalue weighted by atomic mass is 32.2. The van der Waals surface area contributed by atoms with Crippen LogP contribution in [0.1, 0.15) is 5.56 Å².